The predicted octanol–water partition coefficient (Wildman–Crippen LogP) is 0.460. The first-order valence-corrected chi connectivity index (χ1v) is 2.72. The van der Waals surface area contributed by atoms with Crippen molar-refractivity contribution in [1.82, 2.24) is 0 Å². The standard InChI is InChI=1S/C6H8O3/c1-3-5-6(7)9-4(2)8-5/h3-5H,1H2,2H3. The SMILES string of the molecule is C=CC1OC(C)OC1=O. The van der Waals surface area contributed by atoms with E-state index in [-0.39, 0.29) is 5.97 Å². The minimum absolute atomic E-state index is 0.350. The molecule has 1 rings (SSSR count). The fourth-order valence-electron chi connectivity index (χ4n) is 0.672. The van der Waals surface area contributed by atoms with E-state index in [0.29, 0.717) is 0 Å². The van der Waals surface area contributed by atoms with E-state index in [1.54, 1.807) is 6.92 Å². The number of carbonyl (C=O) groups is 1. The minimum Gasteiger partial charge on any atom is -0.434 e. The van der Waals surface area contributed by atoms with Crippen LogP contribution in [0.2, 0.25) is 0 Å². The van der Waals surface area contributed by atoms with Crippen LogP contribution < -0.4 is 0 Å². The monoisotopic (exact) mass is 128 g/mol. The molecule has 3 nitrogen and oxygen atoms in total. The van der Waals surface area contributed by atoms with E-state index in [0.717, 1.165) is 0 Å². The van der Waals surface area contributed by atoms with E-state index >= 15 is 0 Å². The molecule has 1 heterocycles. The van der Waals surface area contributed by atoms with Gasteiger partial charge in [-0.05, 0) is 6.92 Å². The first-order chi connectivity index (χ1) is 4.24. The number of ether oxygens (including phenoxy) is 2. The number of carbonyl (C=O) groups excluding carboxylic acids is 1. The maximum Gasteiger partial charge on any atom is 0.341 e. The smallest absolute Gasteiger partial charge is 0.341 e. The van der Waals surface area contributed by atoms with Crippen molar-refractivity contribution in [3.05, 3.63) is 12.7 Å². The molecule has 2 atom stereocenters. The predicted molar refractivity (Wildman–Crippen MR) is 30.6 cm³/mol. The van der Waals surface area contributed by atoms with Crippen LogP contribution in [0.5, 0.6) is 0 Å². The van der Waals surface area contributed by atoms with Crippen LogP contribution in [0.4, 0.5) is 0 Å². The second-order valence-corrected chi connectivity index (χ2v) is 1.80. The largest absolute Gasteiger partial charge is 0.434 e. The van der Waals surface area contributed by atoms with Gasteiger partial charge in [0.25, 0.3) is 0 Å². The summed E-state index contributed by atoms with van der Waals surface area (Å²) >= 11 is 0. The van der Waals surface area contributed by atoms with Gasteiger partial charge in [0.05, 0.1) is 0 Å². The van der Waals surface area contributed by atoms with Crippen LogP contribution in [0.1, 0.15) is 6.92 Å². The third-order valence-electron chi connectivity index (χ3n) is 1.07. The highest BCUT2D eigenvalue weighted by Gasteiger charge is 2.29. The van der Waals surface area contributed by atoms with Gasteiger partial charge >= 0.3 is 5.97 Å². The van der Waals surface area contributed by atoms with E-state index in [1.165, 1.54) is 6.08 Å². The van der Waals surface area contributed by atoms with Gasteiger partial charge in [0.2, 0.25) is 6.29 Å². The van der Waals surface area contributed by atoms with E-state index < -0.39 is 12.4 Å². The van der Waals surface area contributed by atoms with Crippen LogP contribution >= 0.6 is 0 Å². The molecule has 0 aromatic rings. The van der Waals surface area contributed by atoms with Crippen molar-refractivity contribution >= 4 is 5.97 Å². The molecule has 1 fully saturated rings. The Morgan fingerprint density at radius 3 is 2.67 bits per heavy atom. The molecule has 0 radical (unpaired) electrons. The molecule has 9 heavy (non-hydrogen) atoms. The second kappa shape index (κ2) is 2.19. The third kappa shape index (κ3) is 1.10. The van der Waals surface area contributed by atoms with Gasteiger partial charge in [-0.15, -0.1) is 0 Å². The van der Waals surface area contributed by atoms with Crippen molar-refractivity contribution < 1.29 is 14.3 Å². The Bertz CT molecular complexity index is 141. The fourth-order valence-corrected chi connectivity index (χ4v) is 0.672. The van der Waals surface area contributed by atoms with Gasteiger partial charge in [0.15, 0.2) is 6.10 Å². The van der Waals surface area contributed by atoms with Crippen LogP contribution in [0.25, 0.3) is 0 Å². The average molecular weight is 128 g/mol. The van der Waals surface area contributed by atoms with Crippen LogP contribution in [0, 0.1) is 0 Å². The highest BCUT2D eigenvalue weighted by atomic mass is 16.7. The Kier molecular flexibility index (Phi) is 1.53. The maximum atomic E-state index is 10.6. The molecule has 0 amide bonds. The Morgan fingerprint density at radius 1 is 1.78 bits per heavy atom. The number of cyclic esters (lactones) is 1. The maximum absolute atomic E-state index is 10.6. The summed E-state index contributed by atoms with van der Waals surface area (Å²) in [6, 6.07) is 0. The summed E-state index contributed by atoms with van der Waals surface area (Å²) in [5.74, 6) is -0.350. The molecule has 0 aliphatic carbocycles. The van der Waals surface area contributed by atoms with Gasteiger partial charge < -0.3 is 9.47 Å². The molecule has 0 bridgehead atoms. The number of hydrogen-bond acceptors (Lipinski definition) is 3. The molecule has 0 aromatic heterocycles. The second-order valence-electron chi connectivity index (χ2n) is 1.80. The lowest BCUT2D eigenvalue weighted by Gasteiger charge is -1.97. The summed E-state index contributed by atoms with van der Waals surface area (Å²) in [4.78, 5) is 10.6. The fraction of sp³-hybridized carbons (Fsp3) is 0.500. The first kappa shape index (κ1) is 6.29. The zero-order valence-corrected chi connectivity index (χ0v) is 5.16. The molecule has 0 N–H and O–H groups in total. The highest BCUT2D eigenvalue weighted by Crippen LogP contribution is 2.12. The molecular formula is C6H8O3. The summed E-state index contributed by atoms with van der Waals surface area (Å²) < 4.78 is 9.57. The molecule has 0 aromatic carbocycles. The number of rotatable bonds is 1. The lowest BCUT2D eigenvalue weighted by Crippen LogP contribution is -2.11. The van der Waals surface area contributed by atoms with Crippen molar-refractivity contribution in [3.63, 3.8) is 0 Å². The molecule has 50 valence electrons. The van der Waals surface area contributed by atoms with Gasteiger partial charge in [-0.25, -0.2) is 4.79 Å². The van der Waals surface area contributed by atoms with Crippen molar-refractivity contribution in [2.45, 2.75) is 19.3 Å². The van der Waals surface area contributed by atoms with Crippen molar-refractivity contribution in [2.75, 3.05) is 0 Å². The van der Waals surface area contributed by atoms with E-state index in [2.05, 4.69) is 11.3 Å². The van der Waals surface area contributed by atoms with Crippen LogP contribution in [0.3, 0.4) is 0 Å². The highest BCUT2D eigenvalue weighted by molar-refractivity contribution is 5.78. The van der Waals surface area contributed by atoms with Crippen LogP contribution in [0.15, 0.2) is 12.7 Å². The molecule has 3 heteroatoms. The van der Waals surface area contributed by atoms with E-state index in [9.17, 15) is 4.79 Å². The Morgan fingerprint density at radius 2 is 2.44 bits per heavy atom. The Balaban J connectivity index is 2.57. The normalized spacial score (nSPS) is 34.1. The summed E-state index contributed by atoms with van der Waals surface area (Å²) in [5, 5.41) is 0. The lowest BCUT2D eigenvalue weighted by molar-refractivity contribution is -0.142. The number of hydrogen-bond donors (Lipinski definition) is 0. The van der Waals surface area contributed by atoms with E-state index in [1.807, 2.05) is 0 Å². The molecule has 1 aliphatic rings. The van der Waals surface area contributed by atoms with Crippen LogP contribution in [-0.4, -0.2) is 18.4 Å². The van der Waals surface area contributed by atoms with Crippen molar-refractivity contribution in [3.8, 4) is 0 Å². The van der Waals surface area contributed by atoms with Gasteiger partial charge in [0, 0.05) is 0 Å². The van der Waals surface area contributed by atoms with Gasteiger partial charge in [-0.2, -0.15) is 0 Å². The average Bonchev–Trinajstić information content (AvgIpc) is 2.10. The van der Waals surface area contributed by atoms with E-state index in [4.69, 9.17) is 4.74 Å². The Hall–Kier alpha value is -0.830. The zero-order valence-electron chi connectivity index (χ0n) is 5.16. The zero-order chi connectivity index (χ0) is 6.85. The summed E-state index contributed by atoms with van der Waals surface area (Å²) in [5.41, 5.74) is 0. The number of esters is 1. The van der Waals surface area contributed by atoms with Gasteiger partial charge in [-0.1, -0.05) is 12.7 Å². The minimum atomic E-state index is -0.556. The summed E-state index contributed by atoms with van der Waals surface area (Å²) in [6.07, 6.45) is 0.451. The quantitative estimate of drug-likeness (QED) is 0.380. The van der Waals surface area contributed by atoms with Gasteiger partial charge in [0.1, 0.15) is 0 Å². The van der Waals surface area contributed by atoms with Crippen molar-refractivity contribution in [2.24, 2.45) is 0 Å². The third-order valence-corrected chi connectivity index (χ3v) is 1.07. The molecule has 2 unspecified atom stereocenters. The van der Waals surface area contributed by atoms with Gasteiger partial charge in [-0.3, -0.25) is 0 Å². The summed E-state index contributed by atoms with van der Waals surface area (Å²) in [6.45, 7) is 5.07. The topological polar surface area (TPSA) is 35.5 Å². The van der Waals surface area contributed by atoms with Crippen molar-refractivity contribution in [1.29, 1.82) is 0 Å². The summed E-state index contributed by atoms with van der Waals surface area (Å²) in [7, 11) is 0. The lowest BCUT2D eigenvalue weighted by atomic mass is 10.4. The molecule has 0 saturated carbocycles. The first-order valence-electron chi connectivity index (χ1n) is 2.72. The molecular weight excluding hydrogens is 120 g/mol. The molecule has 1 aliphatic heterocycles. The molecule has 1 saturated heterocycles. The van der Waals surface area contributed by atoms with Crippen LogP contribution in [-0.2, 0) is 14.3 Å². The Labute approximate surface area is 53.3 Å². The molecule has 0 spiro atoms.